The molecule has 1 aliphatic heterocycles. The Kier molecular flexibility index (Phi) is 5.31. The number of thiophene rings is 1. The minimum Gasteiger partial charge on any atom is -0.345 e. The Morgan fingerprint density at radius 1 is 1.42 bits per heavy atom. The fourth-order valence-corrected chi connectivity index (χ4v) is 5.35. The average Bonchev–Trinajstić information content (AvgIpc) is 3.43. The lowest BCUT2D eigenvalue weighted by atomic mass is 9.77. The summed E-state index contributed by atoms with van der Waals surface area (Å²) in [6.45, 7) is 6.08. The molecule has 2 aliphatic rings. The zero-order chi connectivity index (χ0) is 22.3. The molecule has 3 atom stereocenters. The highest BCUT2D eigenvalue weighted by Gasteiger charge is 2.49. The first-order valence-corrected chi connectivity index (χ1v) is 11.2. The second-order valence-electron chi connectivity index (χ2n) is 8.60. The molecular formula is C23H26N6OS. The van der Waals surface area contributed by atoms with Crippen LogP contribution in [0.15, 0.2) is 47.6 Å². The van der Waals surface area contributed by atoms with Crippen LogP contribution in [0.1, 0.15) is 61.1 Å². The van der Waals surface area contributed by atoms with E-state index in [0.717, 1.165) is 21.6 Å². The molecule has 0 aromatic carbocycles. The Balaban J connectivity index is 1.73. The average molecular weight is 435 g/mol. The lowest BCUT2D eigenvalue weighted by molar-refractivity contribution is -0.131. The van der Waals surface area contributed by atoms with E-state index in [1.807, 2.05) is 43.8 Å². The number of carbonyl (C=O) groups excluding carboxylic acids is 1. The molecule has 1 unspecified atom stereocenters. The smallest absolute Gasteiger partial charge is 0.239 e. The number of hydrogen-bond acceptors (Lipinski definition) is 5. The molecule has 3 heterocycles. The van der Waals surface area contributed by atoms with Gasteiger partial charge in [-0.25, -0.2) is 0 Å². The summed E-state index contributed by atoms with van der Waals surface area (Å²) in [5.41, 5.74) is 1.94. The lowest BCUT2D eigenvalue weighted by Gasteiger charge is -2.44. The minimum atomic E-state index is -0.777. The first kappa shape index (κ1) is 21.1. The Morgan fingerprint density at radius 3 is 2.87 bits per heavy atom. The van der Waals surface area contributed by atoms with Crippen molar-refractivity contribution in [2.75, 3.05) is 7.05 Å². The van der Waals surface area contributed by atoms with Crippen LogP contribution in [-0.4, -0.2) is 33.6 Å². The molecule has 1 saturated heterocycles. The molecule has 4 rings (SSSR count). The quantitative estimate of drug-likeness (QED) is 0.759. The van der Waals surface area contributed by atoms with E-state index in [1.54, 1.807) is 24.6 Å². The maximum absolute atomic E-state index is 13.4. The van der Waals surface area contributed by atoms with Crippen molar-refractivity contribution in [3.8, 4) is 6.07 Å². The number of carbonyl (C=O) groups is 1. The van der Waals surface area contributed by atoms with Gasteiger partial charge in [0.1, 0.15) is 0 Å². The van der Waals surface area contributed by atoms with Gasteiger partial charge < -0.3 is 5.32 Å². The van der Waals surface area contributed by atoms with Gasteiger partial charge in [-0.15, -0.1) is 11.3 Å². The molecule has 1 aliphatic carbocycles. The van der Waals surface area contributed by atoms with Gasteiger partial charge in [0, 0.05) is 41.2 Å². The van der Waals surface area contributed by atoms with Crippen LogP contribution in [0.5, 0.6) is 0 Å². The SMILES string of the molecule is CC(C)n1cc([C@@H]2C(=O)N(C)C(=N)N[C@]2(C)c2cc(C3C=CC=C(C#N)C3)cs2)cn1. The molecule has 1 amide bonds. The van der Waals surface area contributed by atoms with Crippen molar-refractivity contribution in [2.24, 2.45) is 0 Å². The molecular weight excluding hydrogens is 408 g/mol. The van der Waals surface area contributed by atoms with Crippen molar-refractivity contribution in [2.45, 2.75) is 50.6 Å². The predicted molar refractivity (Wildman–Crippen MR) is 121 cm³/mol. The van der Waals surface area contributed by atoms with Gasteiger partial charge in [0.25, 0.3) is 0 Å². The van der Waals surface area contributed by atoms with Crippen molar-refractivity contribution >= 4 is 23.2 Å². The standard InChI is InChI=1S/C23H26N6OS/c1-14(2)29-12-18(11-26-29)20-21(30)28(4)22(25)27-23(20,3)19-9-17(13-31-19)16-7-5-6-15(8-16)10-24/h5-7,9,11-14,16,20H,8H2,1-4H3,(H2,25,27)/t16?,20-,23-/m1/s1. The van der Waals surface area contributed by atoms with Gasteiger partial charge in [-0.2, -0.15) is 10.4 Å². The summed E-state index contributed by atoms with van der Waals surface area (Å²) in [7, 11) is 1.62. The maximum atomic E-state index is 13.4. The number of nitrogens with zero attached hydrogens (tertiary/aromatic N) is 4. The molecule has 1 fully saturated rings. The number of aromatic nitrogens is 2. The monoisotopic (exact) mass is 434 g/mol. The van der Waals surface area contributed by atoms with E-state index in [0.29, 0.717) is 6.42 Å². The molecule has 31 heavy (non-hydrogen) atoms. The third-order valence-corrected chi connectivity index (χ3v) is 7.32. The fourth-order valence-electron chi connectivity index (χ4n) is 4.23. The van der Waals surface area contributed by atoms with Gasteiger partial charge >= 0.3 is 0 Å². The Hall–Kier alpha value is -3.18. The van der Waals surface area contributed by atoms with Crippen LogP contribution >= 0.6 is 11.3 Å². The number of likely N-dealkylation sites (N-methyl/N-ethyl adjacent to an activating group) is 1. The van der Waals surface area contributed by atoms with Crippen molar-refractivity contribution in [3.05, 3.63) is 63.6 Å². The highest BCUT2D eigenvalue weighted by atomic mass is 32.1. The van der Waals surface area contributed by atoms with Crippen molar-refractivity contribution in [1.29, 1.82) is 10.7 Å². The van der Waals surface area contributed by atoms with Crippen LogP contribution in [0.3, 0.4) is 0 Å². The van der Waals surface area contributed by atoms with E-state index in [9.17, 15) is 10.1 Å². The number of hydrogen-bond donors (Lipinski definition) is 2. The molecule has 2 N–H and O–H groups in total. The van der Waals surface area contributed by atoms with E-state index in [-0.39, 0.29) is 23.8 Å². The summed E-state index contributed by atoms with van der Waals surface area (Å²) in [4.78, 5) is 15.7. The van der Waals surface area contributed by atoms with Crippen LogP contribution in [0.4, 0.5) is 0 Å². The molecule has 0 spiro atoms. The van der Waals surface area contributed by atoms with Gasteiger partial charge in [-0.1, -0.05) is 12.2 Å². The van der Waals surface area contributed by atoms with Crippen LogP contribution < -0.4 is 5.32 Å². The van der Waals surface area contributed by atoms with Gasteiger partial charge in [-0.3, -0.25) is 19.8 Å². The molecule has 0 radical (unpaired) electrons. The normalized spacial score (nSPS) is 26.1. The molecule has 0 bridgehead atoms. The number of guanidine groups is 1. The summed E-state index contributed by atoms with van der Waals surface area (Å²) >= 11 is 1.58. The van der Waals surface area contributed by atoms with Crippen LogP contribution in [0.25, 0.3) is 0 Å². The van der Waals surface area contributed by atoms with Crippen molar-refractivity contribution < 1.29 is 4.79 Å². The van der Waals surface area contributed by atoms with Gasteiger partial charge in [-0.05, 0) is 50.3 Å². The first-order chi connectivity index (χ1) is 14.7. The first-order valence-electron chi connectivity index (χ1n) is 10.3. The Morgan fingerprint density at radius 2 is 2.19 bits per heavy atom. The number of rotatable bonds is 4. The maximum Gasteiger partial charge on any atom is 0.239 e. The van der Waals surface area contributed by atoms with E-state index >= 15 is 0 Å². The van der Waals surface area contributed by atoms with Gasteiger partial charge in [0.2, 0.25) is 5.91 Å². The van der Waals surface area contributed by atoms with Crippen LogP contribution in [0.2, 0.25) is 0 Å². The fraction of sp³-hybridized carbons (Fsp3) is 0.391. The Bertz CT molecular complexity index is 1130. The van der Waals surface area contributed by atoms with Crippen LogP contribution in [-0.2, 0) is 10.3 Å². The lowest BCUT2D eigenvalue weighted by Crippen LogP contribution is -2.62. The highest BCUT2D eigenvalue weighted by molar-refractivity contribution is 7.10. The third kappa shape index (κ3) is 3.59. The molecule has 8 heteroatoms. The van der Waals surface area contributed by atoms with Crippen molar-refractivity contribution in [1.82, 2.24) is 20.0 Å². The number of allylic oxidation sites excluding steroid dienone is 4. The second-order valence-corrected chi connectivity index (χ2v) is 9.51. The molecule has 2 aromatic rings. The zero-order valence-corrected chi connectivity index (χ0v) is 18.9. The molecule has 0 saturated carbocycles. The topological polar surface area (TPSA) is 97.8 Å². The zero-order valence-electron chi connectivity index (χ0n) is 18.1. The number of nitrogens with one attached hydrogen (secondary N) is 2. The summed E-state index contributed by atoms with van der Waals surface area (Å²) in [5, 5.41) is 27.4. The van der Waals surface area contributed by atoms with E-state index in [2.05, 4.69) is 34.0 Å². The third-order valence-electron chi connectivity index (χ3n) is 6.14. The molecule has 2 aromatic heterocycles. The summed E-state index contributed by atoms with van der Waals surface area (Å²) in [6.07, 6.45) is 10.3. The highest BCUT2D eigenvalue weighted by Crippen LogP contribution is 2.44. The van der Waals surface area contributed by atoms with E-state index in [1.165, 1.54) is 4.90 Å². The van der Waals surface area contributed by atoms with E-state index in [4.69, 9.17) is 5.41 Å². The molecule has 160 valence electrons. The minimum absolute atomic E-state index is 0.0854. The summed E-state index contributed by atoms with van der Waals surface area (Å²) < 4.78 is 1.85. The van der Waals surface area contributed by atoms with E-state index < -0.39 is 11.5 Å². The van der Waals surface area contributed by atoms with Crippen LogP contribution in [0, 0.1) is 16.7 Å². The number of amides is 1. The van der Waals surface area contributed by atoms with Crippen molar-refractivity contribution in [3.63, 3.8) is 0 Å². The predicted octanol–water partition coefficient (Wildman–Crippen LogP) is 4.01. The van der Waals surface area contributed by atoms with Gasteiger partial charge in [0.15, 0.2) is 5.96 Å². The van der Waals surface area contributed by atoms with Gasteiger partial charge in [0.05, 0.1) is 23.7 Å². The largest absolute Gasteiger partial charge is 0.345 e. The number of nitriles is 1. The molecule has 7 nitrogen and oxygen atoms in total. The summed E-state index contributed by atoms with van der Waals surface area (Å²) in [6, 6.07) is 4.55. The Labute approximate surface area is 186 Å². The summed E-state index contributed by atoms with van der Waals surface area (Å²) in [5.74, 6) is -0.419. The second kappa shape index (κ2) is 7.82.